The summed E-state index contributed by atoms with van der Waals surface area (Å²) in [5.74, 6) is 0. The predicted octanol–water partition coefficient (Wildman–Crippen LogP) is 5.29. The molecule has 0 fully saturated rings. The van der Waals surface area contributed by atoms with E-state index in [1.807, 2.05) is 0 Å². The minimum Gasteiger partial charge on any atom is -0.320 e. The zero-order valence-electron chi connectivity index (χ0n) is 19.4. The van der Waals surface area contributed by atoms with Gasteiger partial charge in [0, 0.05) is 28.7 Å². The quantitative estimate of drug-likeness (QED) is 0.167. The normalized spacial score (nSPS) is 13.6. The molecule has 0 bridgehead atoms. The SMILES string of the molecule is O=P(O)(O)C(F)(F)c1ccc(CN(Cc2ccc(C(F)(F)P(=O)(O)O)c(Br)c2)S(=O)(=O)c2ccccc2)cc1. The predicted molar refractivity (Wildman–Crippen MR) is 135 cm³/mol. The highest BCUT2D eigenvalue weighted by molar-refractivity contribution is 9.10. The van der Waals surface area contributed by atoms with E-state index in [4.69, 9.17) is 19.6 Å². The van der Waals surface area contributed by atoms with Gasteiger partial charge < -0.3 is 19.6 Å². The van der Waals surface area contributed by atoms with Gasteiger partial charge in [0.1, 0.15) is 0 Å². The number of alkyl halides is 4. The van der Waals surface area contributed by atoms with E-state index in [1.54, 1.807) is 6.07 Å². The van der Waals surface area contributed by atoms with E-state index < -0.39 is 65.2 Å². The molecule has 212 valence electrons. The van der Waals surface area contributed by atoms with Crippen molar-refractivity contribution in [3.63, 3.8) is 0 Å². The van der Waals surface area contributed by atoms with E-state index >= 15 is 0 Å². The summed E-state index contributed by atoms with van der Waals surface area (Å²) in [5, 5.41) is 0. The Balaban J connectivity index is 2.00. The van der Waals surface area contributed by atoms with Crippen LogP contribution in [-0.4, -0.2) is 32.3 Å². The monoisotopic (exact) mass is 675 g/mol. The Kier molecular flexibility index (Phi) is 9.04. The first-order valence-corrected chi connectivity index (χ1v) is 16.0. The summed E-state index contributed by atoms with van der Waals surface area (Å²) in [6.45, 7) is -0.852. The Labute approximate surface area is 228 Å². The molecule has 0 spiro atoms. The summed E-state index contributed by atoms with van der Waals surface area (Å²) in [6.07, 6.45) is 0. The van der Waals surface area contributed by atoms with E-state index in [-0.39, 0.29) is 16.0 Å². The Morgan fingerprint density at radius 1 is 0.744 bits per heavy atom. The second-order valence-electron chi connectivity index (χ2n) is 8.27. The van der Waals surface area contributed by atoms with Gasteiger partial charge in [-0.15, -0.1) is 0 Å². The number of hydrogen-bond donors (Lipinski definition) is 4. The first-order chi connectivity index (χ1) is 17.8. The van der Waals surface area contributed by atoms with Crippen LogP contribution in [0.15, 0.2) is 82.2 Å². The van der Waals surface area contributed by atoms with Gasteiger partial charge in [0.15, 0.2) is 0 Å². The van der Waals surface area contributed by atoms with Crippen LogP contribution in [0.2, 0.25) is 0 Å². The van der Waals surface area contributed by atoms with Crippen LogP contribution in [-0.2, 0) is 43.6 Å². The number of sulfonamides is 1. The van der Waals surface area contributed by atoms with Crippen LogP contribution in [0, 0.1) is 0 Å². The molecule has 0 aromatic heterocycles. The van der Waals surface area contributed by atoms with Gasteiger partial charge in [0.2, 0.25) is 10.0 Å². The number of rotatable bonds is 10. The molecule has 0 radical (unpaired) electrons. The summed E-state index contributed by atoms with van der Waals surface area (Å²) in [7, 11) is -16.0. The fraction of sp³-hybridized carbons (Fsp3) is 0.182. The van der Waals surface area contributed by atoms with Crippen molar-refractivity contribution in [3.8, 4) is 0 Å². The van der Waals surface area contributed by atoms with Gasteiger partial charge in [-0.25, -0.2) is 8.42 Å². The van der Waals surface area contributed by atoms with Gasteiger partial charge in [-0.3, -0.25) is 9.13 Å². The van der Waals surface area contributed by atoms with Crippen molar-refractivity contribution >= 4 is 41.1 Å². The number of halogens is 5. The van der Waals surface area contributed by atoms with Gasteiger partial charge in [-0.2, -0.15) is 21.9 Å². The molecule has 0 aliphatic rings. The van der Waals surface area contributed by atoms with Gasteiger partial charge in [0.05, 0.1) is 4.90 Å². The number of hydrogen-bond acceptors (Lipinski definition) is 4. The maximum atomic E-state index is 14.2. The smallest absolute Gasteiger partial charge is 0.320 e. The van der Waals surface area contributed by atoms with Crippen LogP contribution in [0.25, 0.3) is 0 Å². The fourth-order valence-electron chi connectivity index (χ4n) is 3.41. The van der Waals surface area contributed by atoms with Crippen LogP contribution in [0.4, 0.5) is 17.6 Å². The summed E-state index contributed by atoms with van der Waals surface area (Å²) in [4.78, 5) is 35.7. The largest absolute Gasteiger partial charge is 0.399 e. The Hall–Kier alpha value is -1.93. The molecular formula is C22H20BrF4NO8P2S. The summed E-state index contributed by atoms with van der Waals surface area (Å²) < 4.78 is 106. The lowest BCUT2D eigenvalue weighted by molar-refractivity contribution is 0.0557. The fourth-order valence-corrected chi connectivity index (χ4v) is 6.67. The highest BCUT2D eigenvalue weighted by Crippen LogP contribution is 2.60. The number of benzene rings is 3. The first-order valence-electron chi connectivity index (χ1n) is 10.6. The molecule has 0 unspecified atom stereocenters. The van der Waals surface area contributed by atoms with Crippen molar-refractivity contribution in [1.29, 1.82) is 0 Å². The Bertz CT molecular complexity index is 1550. The third-order valence-electron chi connectivity index (χ3n) is 5.49. The van der Waals surface area contributed by atoms with Crippen LogP contribution >= 0.6 is 31.1 Å². The van der Waals surface area contributed by atoms with Gasteiger partial charge >= 0.3 is 26.5 Å². The maximum absolute atomic E-state index is 14.2. The molecule has 39 heavy (non-hydrogen) atoms. The molecule has 0 aliphatic carbocycles. The van der Waals surface area contributed by atoms with Crippen LogP contribution < -0.4 is 0 Å². The highest BCUT2D eigenvalue weighted by Gasteiger charge is 2.52. The molecule has 3 aromatic rings. The molecule has 0 heterocycles. The highest BCUT2D eigenvalue weighted by atomic mass is 79.9. The molecule has 3 rings (SSSR count). The Morgan fingerprint density at radius 3 is 1.72 bits per heavy atom. The zero-order valence-corrected chi connectivity index (χ0v) is 23.6. The molecule has 17 heteroatoms. The van der Waals surface area contributed by atoms with Crippen molar-refractivity contribution in [3.05, 3.63) is 99.5 Å². The molecule has 0 aliphatic heterocycles. The zero-order chi connectivity index (χ0) is 29.4. The topological polar surface area (TPSA) is 152 Å². The van der Waals surface area contributed by atoms with E-state index in [9.17, 15) is 35.1 Å². The van der Waals surface area contributed by atoms with E-state index in [1.165, 1.54) is 24.3 Å². The number of nitrogens with zero attached hydrogens (tertiary/aromatic N) is 1. The molecule has 0 saturated heterocycles. The standard InChI is InChI=1S/C22H20BrF4NO8P2S/c23-20-12-16(8-11-19(20)22(26,27)38(32,33)34)14-28(39(35,36)18-4-2-1-3-5-18)13-15-6-9-17(10-7-15)21(24,25)37(29,30)31/h1-12H,13-14H2,(H2,29,30,31)(H2,32,33,34). The van der Waals surface area contributed by atoms with Crippen LogP contribution in [0.1, 0.15) is 22.3 Å². The third-order valence-corrected chi connectivity index (χ3v) is 9.91. The first kappa shape index (κ1) is 31.6. The Morgan fingerprint density at radius 2 is 1.23 bits per heavy atom. The summed E-state index contributed by atoms with van der Waals surface area (Å²) in [6, 6.07) is 13.6. The van der Waals surface area contributed by atoms with Crippen molar-refractivity contribution in [2.24, 2.45) is 0 Å². The second kappa shape index (κ2) is 11.2. The van der Waals surface area contributed by atoms with Crippen LogP contribution in [0.3, 0.4) is 0 Å². The molecule has 0 atom stereocenters. The molecule has 0 amide bonds. The van der Waals surface area contributed by atoms with E-state index in [0.717, 1.165) is 46.8 Å². The van der Waals surface area contributed by atoms with E-state index in [0.29, 0.717) is 0 Å². The lowest BCUT2D eigenvalue weighted by Crippen LogP contribution is -2.30. The lowest BCUT2D eigenvalue weighted by Gasteiger charge is -2.24. The van der Waals surface area contributed by atoms with Gasteiger partial charge in [-0.1, -0.05) is 70.5 Å². The van der Waals surface area contributed by atoms with Crippen molar-refractivity contribution in [2.45, 2.75) is 29.3 Å². The molecule has 3 aromatic carbocycles. The van der Waals surface area contributed by atoms with Gasteiger partial charge in [0.25, 0.3) is 0 Å². The molecular weight excluding hydrogens is 656 g/mol. The second-order valence-corrected chi connectivity index (χ2v) is 14.4. The minimum atomic E-state index is -5.87. The van der Waals surface area contributed by atoms with Crippen molar-refractivity contribution in [2.75, 3.05) is 0 Å². The molecule has 0 saturated carbocycles. The van der Waals surface area contributed by atoms with Crippen molar-refractivity contribution < 1.29 is 54.7 Å². The van der Waals surface area contributed by atoms with Crippen LogP contribution in [0.5, 0.6) is 0 Å². The summed E-state index contributed by atoms with van der Waals surface area (Å²) in [5.41, 5.74) is -10.7. The summed E-state index contributed by atoms with van der Waals surface area (Å²) >= 11 is 2.84. The maximum Gasteiger partial charge on any atom is 0.399 e. The average Bonchev–Trinajstić information content (AvgIpc) is 2.83. The van der Waals surface area contributed by atoms with Gasteiger partial charge in [-0.05, 0) is 29.3 Å². The minimum absolute atomic E-state index is 0.135. The van der Waals surface area contributed by atoms with Crippen molar-refractivity contribution in [1.82, 2.24) is 4.31 Å². The lowest BCUT2D eigenvalue weighted by atomic mass is 10.1. The average molecular weight is 676 g/mol. The van der Waals surface area contributed by atoms with E-state index in [2.05, 4.69) is 15.9 Å². The molecule has 4 N–H and O–H groups in total. The third kappa shape index (κ3) is 6.70. The molecule has 9 nitrogen and oxygen atoms in total.